The molecule has 0 aliphatic carbocycles. The normalized spacial score (nSPS) is 14.2. The molecule has 8 nitrogen and oxygen atoms in total. The number of carbonyl (C=O) groups is 1. The highest BCUT2D eigenvalue weighted by Crippen LogP contribution is 2.24. The lowest BCUT2D eigenvalue weighted by Gasteiger charge is -2.36. The van der Waals surface area contributed by atoms with E-state index in [0.29, 0.717) is 18.8 Å². The number of hydrogen-bond acceptors (Lipinski definition) is 7. The van der Waals surface area contributed by atoms with E-state index in [4.69, 9.17) is 14.2 Å². The van der Waals surface area contributed by atoms with Gasteiger partial charge < -0.3 is 19.1 Å². The van der Waals surface area contributed by atoms with Crippen LogP contribution in [0, 0.1) is 0 Å². The average Bonchev–Trinajstić information content (AvgIpc) is 3.40. The Bertz CT molecular complexity index is 1330. The van der Waals surface area contributed by atoms with Gasteiger partial charge in [0.2, 0.25) is 0 Å². The van der Waals surface area contributed by atoms with E-state index in [1.54, 1.807) is 25.6 Å². The Morgan fingerprint density at radius 2 is 1.68 bits per heavy atom. The average molecular weight is 515 g/mol. The van der Waals surface area contributed by atoms with Crippen LogP contribution in [0.15, 0.2) is 79.1 Å². The molecule has 1 aromatic heterocycles. The van der Waals surface area contributed by atoms with Gasteiger partial charge in [0, 0.05) is 51.2 Å². The summed E-state index contributed by atoms with van der Waals surface area (Å²) in [5, 5.41) is 0. The number of esters is 1. The highest BCUT2D eigenvalue weighted by Gasteiger charge is 2.18. The fourth-order valence-electron chi connectivity index (χ4n) is 4.67. The monoisotopic (exact) mass is 514 g/mol. The van der Waals surface area contributed by atoms with Gasteiger partial charge in [-0.25, -0.2) is 9.78 Å². The number of methoxy groups -OCH3 is 1. The van der Waals surface area contributed by atoms with Gasteiger partial charge in [0.25, 0.3) is 0 Å². The number of fused-ring (bicyclic) bond motifs is 1. The van der Waals surface area contributed by atoms with Crippen LogP contribution in [0.25, 0.3) is 16.7 Å². The van der Waals surface area contributed by atoms with Crippen molar-refractivity contribution in [2.45, 2.75) is 6.61 Å². The molecule has 0 radical (unpaired) electrons. The molecule has 1 saturated heterocycles. The Morgan fingerprint density at radius 1 is 0.868 bits per heavy atom. The summed E-state index contributed by atoms with van der Waals surface area (Å²) in [6, 6.07) is 24.3. The van der Waals surface area contributed by atoms with E-state index in [-0.39, 0.29) is 12.6 Å². The molecule has 0 atom stereocenters. The minimum atomic E-state index is -0.373. The largest absolute Gasteiger partial charge is 0.460 e. The number of rotatable bonds is 11. The number of benzene rings is 3. The maximum absolute atomic E-state index is 12.3. The van der Waals surface area contributed by atoms with Crippen LogP contribution in [-0.2, 0) is 20.8 Å². The molecule has 0 bridgehead atoms. The fourth-order valence-corrected chi connectivity index (χ4v) is 4.67. The summed E-state index contributed by atoms with van der Waals surface area (Å²) in [5.74, 6) is -0.373. The summed E-state index contributed by atoms with van der Waals surface area (Å²) in [6.07, 6.45) is 1.80. The van der Waals surface area contributed by atoms with E-state index in [0.717, 1.165) is 56.1 Å². The van der Waals surface area contributed by atoms with Crippen LogP contribution >= 0.6 is 0 Å². The number of ether oxygens (including phenoxy) is 3. The lowest BCUT2D eigenvalue weighted by molar-refractivity contribution is 0.0388. The maximum Gasteiger partial charge on any atom is 0.338 e. The smallest absolute Gasteiger partial charge is 0.338 e. The van der Waals surface area contributed by atoms with Crippen LogP contribution < -0.4 is 4.90 Å². The highest BCUT2D eigenvalue weighted by molar-refractivity contribution is 5.94. The van der Waals surface area contributed by atoms with Crippen molar-refractivity contribution < 1.29 is 19.0 Å². The first kappa shape index (κ1) is 25.9. The molecule has 8 heteroatoms. The number of piperazine rings is 1. The van der Waals surface area contributed by atoms with Crippen LogP contribution in [0.5, 0.6) is 0 Å². The van der Waals surface area contributed by atoms with Crippen molar-refractivity contribution in [1.82, 2.24) is 14.5 Å². The third-order valence-corrected chi connectivity index (χ3v) is 6.81. The SMILES string of the molecule is COCCOC(=O)c1ccc2c(c1)ncn2-c1cccc(N2CCN(CCOCc3ccccc3)CC2)c1. The van der Waals surface area contributed by atoms with Crippen LogP contribution in [-0.4, -0.2) is 80.1 Å². The molecule has 2 heterocycles. The predicted molar refractivity (Wildman–Crippen MR) is 148 cm³/mol. The molecule has 38 heavy (non-hydrogen) atoms. The topological polar surface area (TPSA) is 69.1 Å². The summed E-state index contributed by atoms with van der Waals surface area (Å²) in [6.45, 7) is 6.92. The summed E-state index contributed by atoms with van der Waals surface area (Å²) in [7, 11) is 1.58. The second kappa shape index (κ2) is 12.7. The van der Waals surface area contributed by atoms with Crippen molar-refractivity contribution in [3.8, 4) is 5.69 Å². The molecule has 0 N–H and O–H groups in total. The Balaban J connectivity index is 1.16. The van der Waals surface area contributed by atoms with E-state index in [2.05, 4.69) is 55.7 Å². The van der Waals surface area contributed by atoms with Gasteiger partial charge in [0.15, 0.2) is 0 Å². The molecule has 0 saturated carbocycles. The molecule has 198 valence electrons. The van der Waals surface area contributed by atoms with Gasteiger partial charge in [-0.15, -0.1) is 0 Å². The van der Waals surface area contributed by atoms with Crippen molar-refractivity contribution in [3.05, 3.63) is 90.3 Å². The van der Waals surface area contributed by atoms with Crippen LogP contribution in [0.2, 0.25) is 0 Å². The van der Waals surface area contributed by atoms with Gasteiger partial charge in [-0.05, 0) is 42.0 Å². The van der Waals surface area contributed by atoms with E-state index in [9.17, 15) is 4.79 Å². The first-order chi connectivity index (χ1) is 18.7. The summed E-state index contributed by atoms with van der Waals surface area (Å²) >= 11 is 0. The Labute approximate surface area is 223 Å². The molecule has 1 aliphatic heterocycles. The van der Waals surface area contributed by atoms with Crippen molar-refractivity contribution in [3.63, 3.8) is 0 Å². The molecular formula is C30H34N4O4. The van der Waals surface area contributed by atoms with Gasteiger partial charge in [-0.1, -0.05) is 36.4 Å². The molecule has 3 aromatic carbocycles. The van der Waals surface area contributed by atoms with Crippen molar-refractivity contribution in [2.24, 2.45) is 0 Å². The summed E-state index contributed by atoms with van der Waals surface area (Å²) in [4.78, 5) is 21.7. The quantitative estimate of drug-likeness (QED) is 0.220. The van der Waals surface area contributed by atoms with Crippen LogP contribution in [0.1, 0.15) is 15.9 Å². The van der Waals surface area contributed by atoms with E-state index in [1.165, 1.54) is 11.3 Å². The Kier molecular flexibility index (Phi) is 8.65. The van der Waals surface area contributed by atoms with Gasteiger partial charge in [-0.2, -0.15) is 0 Å². The predicted octanol–water partition coefficient (Wildman–Crippen LogP) is 4.17. The zero-order valence-corrected chi connectivity index (χ0v) is 21.8. The van der Waals surface area contributed by atoms with Gasteiger partial charge >= 0.3 is 5.97 Å². The number of nitrogens with zero attached hydrogens (tertiary/aromatic N) is 4. The van der Waals surface area contributed by atoms with Crippen LogP contribution in [0.4, 0.5) is 5.69 Å². The molecular weight excluding hydrogens is 480 g/mol. The molecule has 0 amide bonds. The minimum absolute atomic E-state index is 0.227. The molecule has 1 fully saturated rings. The maximum atomic E-state index is 12.3. The Morgan fingerprint density at radius 3 is 2.50 bits per heavy atom. The zero-order chi connectivity index (χ0) is 26.2. The van der Waals surface area contributed by atoms with Crippen LogP contribution in [0.3, 0.4) is 0 Å². The summed E-state index contributed by atoms with van der Waals surface area (Å²) < 4.78 is 18.1. The number of imidazole rings is 1. The van der Waals surface area contributed by atoms with E-state index >= 15 is 0 Å². The fraction of sp³-hybridized carbons (Fsp3) is 0.333. The second-order valence-corrected chi connectivity index (χ2v) is 9.33. The second-order valence-electron chi connectivity index (χ2n) is 9.33. The van der Waals surface area contributed by atoms with Crippen molar-refractivity contribution >= 4 is 22.7 Å². The zero-order valence-electron chi connectivity index (χ0n) is 21.8. The lowest BCUT2D eigenvalue weighted by Crippen LogP contribution is -2.47. The first-order valence-corrected chi connectivity index (χ1v) is 13.0. The molecule has 1 aliphatic rings. The van der Waals surface area contributed by atoms with E-state index in [1.807, 2.05) is 24.3 Å². The third kappa shape index (κ3) is 6.39. The first-order valence-electron chi connectivity index (χ1n) is 13.0. The summed E-state index contributed by atoms with van der Waals surface area (Å²) in [5.41, 5.74) is 5.62. The standard InChI is InChI=1S/C30H34N4O4/c1-36-18-19-38-30(35)25-10-11-29-28(20-25)31-23-34(29)27-9-5-8-26(21-27)33-14-12-32(13-15-33)16-17-37-22-24-6-3-2-4-7-24/h2-11,20-21,23H,12-19,22H2,1H3. The molecule has 4 aromatic rings. The minimum Gasteiger partial charge on any atom is -0.460 e. The molecule has 0 spiro atoms. The highest BCUT2D eigenvalue weighted by atomic mass is 16.6. The third-order valence-electron chi connectivity index (χ3n) is 6.81. The lowest BCUT2D eigenvalue weighted by atomic mass is 10.2. The molecule has 0 unspecified atom stereocenters. The number of carbonyl (C=O) groups excluding carboxylic acids is 1. The van der Waals surface area contributed by atoms with Gasteiger partial charge in [0.1, 0.15) is 12.9 Å². The van der Waals surface area contributed by atoms with E-state index < -0.39 is 0 Å². The van der Waals surface area contributed by atoms with Gasteiger partial charge in [-0.3, -0.25) is 9.47 Å². The van der Waals surface area contributed by atoms with Crippen molar-refractivity contribution in [1.29, 1.82) is 0 Å². The van der Waals surface area contributed by atoms with Crippen molar-refractivity contribution in [2.75, 3.05) is 64.6 Å². The molecule has 5 rings (SSSR count). The Hall–Kier alpha value is -3.72. The number of hydrogen-bond donors (Lipinski definition) is 0. The van der Waals surface area contributed by atoms with Gasteiger partial charge in [0.05, 0.1) is 36.4 Å². The number of aromatic nitrogens is 2. The number of anilines is 1.